The number of ether oxygens (including phenoxy) is 1. The summed E-state index contributed by atoms with van der Waals surface area (Å²) >= 11 is 0. The summed E-state index contributed by atoms with van der Waals surface area (Å²) in [5.41, 5.74) is 6.70. The van der Waals surface area contributed by atoms with E-state index in [0.29, 0.717) is 30.2 Å². The van der Waals surface area contributed by atoms with Crippen molar-refractivity contribution in [1.82, 2.24) is 19.9 Å². The molecule has 2 N–H and O–H groups in total. The van der Waals surface area contributed by atoms with E-state index >= 15 is 0 Å². The number of alkyl halides is 4. The lowest BCUT2D eigenvalue weighted by molar-refractivity contribution is -0.0494. The van der Waals surface area contributed by atoms with Crippen molar-refractivity contribution < 1.29 is 22.3 Å². The highest BCUT2D eigenvalue weighted by Crippen LogP contribution is 2.41. The Morgan fingerprint density at radius 1 is 1.10 bits per heavy atom. The second-order valence-corrected chi connectivity index (χ2v) is 8.27. The first kappa shape index (κ1) is 20.2. The molecule has 2 saturated heterocycles. The lowest BCUT2D eigenvalue weighted by Gasteiger charge is -2.35. The Morgan fingerprint density at radius 2 is 1.90 bits per heavy atom. The van der Waals surface area contributed by atoms with Crippen LogP contribution in [-0.4, -0.2) is 64.6 Å². The number of rotatable bonds is 7. The summed E-state index contributed by atoms with van der Waals surface area (Å²) < 4.78 is 55.5. The van der Waals surface area contributed by atoms with E-state index in [1.807, 2.05) is 4.90 Å². The third-order valence-corrected chi connectivity index (χ3v) is 6.09. The average molecular weight is 438 g/mol. The third kappa shape index (κ3) is 4.10. The molecule has 0 aromatic carbocycles. The normalized spacial score (nSPS) is 23.4. The molecule has 2 unspecified atom stereocenters. The topological polar surface area (TPSA) is 80.4 Å². The molecule has 7 nitrogen and oxygen atoms in total. The highest BCUT2D eigenvalue weighted by molar-refractivity contribution is 5.67. The number of hydrogen-bond donors (Lipinski definition) is 1. The highest BCUT2D eigenvalue weighted by atomic mass is 19.3. The van der Waals surface area contributed by atoms with E-state index in [2.05, 4.69) is 19.6 Å². The number of piperazine rings is 1. The summed E-state index contributed by atoms with van der Waals surface area (Å²) in [4.78, 5) is 17.3. The summed E-state index contributed by atoms with van der Waals surface area (Å²) in [6, 6.07) is 3.38. The van der Waals surface area contributed by atoms with Gasteiger partial charge in [0.25, 0.3) is 6.43 Å². The van der Waals surface area contributed by atoms with Gasteiger partial charge in [-0.2, -0.15) is 8.78 Å². The summed E-state index contributed by atoms with van der Waals surface area (Å²) in [6.45, 7) is -2.03. The predicted octanol–water partition coefficient (Wildman–Crippen LogP) is 3.13. The van der Waals surface area contributed by atoms with Crippen LogP contribution in [0.25, 0.3) is 11.3 Å². The molecule has 2 aromatic rings. The second-order valence-electron chi connectivity index (χ2n) is 8.27. The molecule has 0 radical (unpaired) electrons. The zero-order valence-corrected chi connectivity index (χ0v) is 16.6. The number of nitrogens with two attached hydrogens (primary N) is 1. The first-order chi connectivity index (χ1) is 14.9. The highest BCUT2D eigenvalue weighted by Gasteiger charge is 2.44. The van der Waals surface area contributed by atoms with Gasteiger partial charge >= 0.3 is 6.61 Å². The largest absolute Gasteiger partial charge is 0.431 e. The molecule has 1 saturated carbocycles. The van der Waals surface area contributed by atoms with Gasteiger partial charge < -0.3 is 15.4 Å². The number of likely N-dealkylation sites (tertiary alicyclic amines) is 1. The molecule has 3 aliphatic rings. The SMILES string of the molecule is Nc1ncc(-c2cc(N3CC4CC3CN4CC(F)F)nc(C3CC3)n2)cc1OC(F)F. The van der Waals surface area contributed by atoms with Crippen LogP contribution >= 0.6 is 0 Å². The van der Waals surface area contributed by atoms with Gasteiger partial charge in [0.2, 0.25) is 0 Å². The Bertz CT molecular complexity index is 973. The minimum absolute atomic E-state index is 0.0750. The molecule has 166 valence electrons. The zero-order valence-electron chi connectivity index (χ0n) is 16.6. The van der Waals surface area contributed by atoms with Crippen LogP contribution in [0.4, 0.5) is 29.2 Å². The summed E-state index contributed by atoms with van der Waals surface area (Å²) in [6.07, 6.45) is 1.94. The lowest BCUT2D eigenvalue weighted by Crippen LogP contribution is -2.48. The molecule has 2 aromatic heterocycles. The molecular formula is C20H22F4N6O. The van der Waals surface area contributed by atoms with E-state index in [-0.39, 0.29) is 36.1 Å². The first-order valence-corrected chi connectivity index (χ1v) is 10.3. The monoisotopic (exact) mass is 438 g/mol. The van der Waals surface area contributed by atoms with Gasteiger partial charge in [0, 0.05) is 48.9 Å². The fourth-order valence-corrected chi connectivity index (χ4v) is 4.49. The molecule has 0 spiro atoms. The molecule has 4 heterocycles. The van der Waals surface area contributed by atoms with Gasteiger partial charge in [-0.3, -0.25) is 4.90 Å². The van der Waals surface area contributed by atoms with Crippen LogP contribution in [0, 0.1) is 0 Å². The van der Waals surface area contributed by atoms with E-state index in [1.165, 1.54) is 12.3 Å². The molecular weight excluding hydrogens is 416 g/mol. The predicted molar refractivity (Wildman–Crippen MR) is 105 cm³/mol. The Hall–Kier alpha value is -2.69. The maximum atomic E-state index is 12.8. The number of halogens is 4. The average Bonchev–Trinajstić information content (AvgIpc) is 3.39. The Kier molecular flexibility index (Phi) is 5.07. The van der Waals surface area contributed by atoms with Crippen LogP contribution in [0.15, 0.2) is 18.3 Å². The number of nitrogens with zero attached hydrogens (tertiary/aromatic N) is 5. The molecule has 3 fully saturated rings. The molecule has 1 aliphatic carbocycles. The van der Waals surface area contributed by atoms with E-state index in [4.69, 9.17) is 10.7 Å². The molecule has 2 bridgehead atoms. The van der Waals surface area contributed by atoms with Gasteiger partial charge in [0.15, 0.2) is 11.6 Å². The van der Waals surface area contributed by atoms with E-state index in [9.17, 15) is 17.6 Å². The standard InChI is InChI=1S/C20H22F4N6O/c21-16(22)9-29-7-13-4-12(29)8-30(13)17-5-14(27-19(28-17)10-1-2-10)11-3-15(31-20(23)24)18(25)26-6-11/h3,5-6,10,12-13,16,20H,1-2,4,7-9H2,(H2,25,26). The molecule has 5 rings (SSSR count). The van der Waals surface area contributed by atoms with Gasteiger partial charge in [-0.05, 0) is 25.3 Å². The Balaban J connectivity index is 1.45. The van der Waals surface area contributed by atoms with Crippen molar-refractivity contribution in [2.45, 2.75) is 50.3 Å². The van der Waals surface area contributed by atoms with Crippen molar-refractivity contribution in [3.05, 3.63) is 24.2 Å². The number of nitrogen functional groups attached to an aromatic ring is 1. The number of aromatic nitrogens is 3. The van der Waals surface area contributed by atoms with Crippen LogP contribution in [0.5, 0.6) is 5.75 Å². The molecule has 0 amide bonds. The number of pyridine rings is 1. The van der Waals surface area contributed by atoms with Crippen molar-refractivity contribution in [2.24, 2.45) is 0 Å². The van der Waals surface area contributed by atoms with E-state index < -0.39 is 13.0 Å². The molecule has 2 atom stereocenters. The first-order valence-electron chi connectivity index (χ1n) is 10.3. The van der Waals surface area contributed by atoms with Crippen LogP contribution in [0.2, 0.25) is 0 Å². The van der Waals surface area contributed by atoms with Gasteiger partial charge in [-0.15, -0.1) is 0 Å². The van der Waals surface area contributed by atoms with Crippen molar-refractivity contribution in [3.8, 4) is 17.0 Å². The quantitative estimate of drug-likeness (QED) is 0.666. The smallest absolute Gasteiger partial charge is 0.387 e. The number of fused-ring (bicyclic) bond motifs is 2. The van der Waals surface area contributed by atoms with Gasteiger partial charge in [-0.1, -0.05) is 0 Å². The molecule has 11 heteroatoms. The minimum atomic E-state index is -3.02. The fraction of sp³-hybridized carbons (Fsp3) is 0.550. The van der Waals surface area contributed by atoms with Gasteiger partial charge in [-0.25, -0.2) is 23.7 Å². The van der Waals surface area contributed by atoms with Crippen LogP contribution in [-0.2, 0) is 0 Å². The van der Waals surface area contributed by atoms with Crippen LogP contribution in [0.1, 0.15) is 31.0 Å². The molecule has 2 aliphatic heterocycles. The van der Waals surface area contributed by atoms with Crippen molar-refractivity contribution in [3.63, 3.8) is 0 Å². The third-order valence-electron chi connectivity index (χ3n) is 6.09. The molecule has 31 heavy (non-hydrogen) atoms. The fourth-order valence-electron chi connectivity index (χ4n) is 4.49. The summed E-state index contributed by atoms with van der Waals surface area (Å²) in [7, 11) is 0. The maximum Gasteiger partial charge on any atom is 0.387 e. The zero-order chi connectivity index (χ0) is 21.7. The van der Waals surface area contributed by atoms with E-state index in [1.54, 1.807) is 6.07 Å². The van der Waals surface area contributed by atoms with Crippen molar-refractivity contribution in [2.75, 3.05) is 30.3 Å². The lowest BCUT2D eigenvalue weighted by atomic mass is 10.1. The maximum absolute atomic E-state index is 12.8. The summed E-state index contributed by atoms with van der Waals surface area (Å²) in [5.74, 6) is 1.37. The van der Waals surface area contributed by atoms with Crippen LogP contribution < -0.4 is 15.4 Å². The number of hydrogen-bond acceptors (Lipinski definition) is 7. The minimum Gasteiger partial charge on any atom is -0.431 e. The number of anilines is 2. The van der Waals surface area contributed by atoms with E-state index in [0.717, 1.165) is 25.1 Å². The van der Waals surface area contributed by atoms with Gasteiger partial charge in [0.1, 0.15) is 11.6 Å². The van der Waals surface area contributed by atoms with Crippen LogP contribution in [0.3, 0.4) is 0 Å². The van der Waals surface area contributed by atoms with Crippen molar-refractivity contribution >= 4 is 11.6 Å². The second kappa shape index (κ2) is 7.77. The summed E-state index contributed by atoms with van der Waals surface area (Å²) in [5, 5.41) is 0. The Labute approximate surface area is 176 Å². The Morgan fingerprint density at radius 3 is 2.55 bits per heavy atom. The van der Waals surface area contributed by atoms with Gasteiger partial charge in [0.05, 0.1) is 12.2 Å². The van der Waals surface area contributed by atoms with Crippen molar-refractivity contribution in [1.29, 1.82) is 0 Å².